The van der Waals surface area contributed by atoms with Crippen molar-refractivity contribution in [3.05, 3.63) is 34.3 Å². The van der Waals surface area contributed by atoms with Gasteiger partial charge in [0.25, 0.3) is 0 Å². The molecule has 1 aliphatic heterocycles. The van der Waals surface area contributed by atoms with E-state index in [1.165, 1.54) is 32.1 Å². The Morgan fingerprint density at radius 1 is 1.17 bits per heavy atom. The van der Waals surface area contributed by atoms with Crippen molar-refractivity contribution in [2.24, 2.45) is 0 Å². The Morgan fingerprint density at radius 2 is 1.89 bits per heavy atom. The largest absolute Gasteiger partial charge is 0.388 e. The molecular weight excluding hydrogens is 290 g/mol. The van der Waals surface area contributed by atoms with E-state index in [0.717, 1.165) is 23.0 Å². The monoisotopic (exact) mass is 311 g/mol. The highest BCUT2D eigenvalue weighted by Crippen LogP contribution is 2.23. The molecule has 0 saturated carbocycles. The summed E-state index contributed by atoms with van der Waals surface area (Å²) in [5, 5.41) is 13.8. The fourth-order valence-corrected chi connectivity index (χ4v) is 2.83. The zero-order valence-electron chi connectivity index (χ0n) is 10.7. The standard InChI is InChI=1S/C15H22BrNO/c16-13-8-6-12(7-9-13)15(18)11-14-5-3-1-2-4-10-17-14/h6-9,14-15,17-18H,1-5,10-11H2. The van der Waals surface area contributed by atoms with Gasteiger partial charge in [-0.3, -0.25) is 0 Å². The van der Waals surface area contributed by atoms with E-state index in [-0.39, 0.29) is 6.10 Å². The molecular formula is C15H22BrNO. The molecule has 2 N–H and O–H groups in total. The molecule has 0 amide bonds. The van der Waals surface area contributed by atoms with Crippen LogP contribution in [-0.2, 0) is 0 Å². The quantitative estimate of drug-likeness (QED) is 0.890. The van der Waals surface area contributed by atoms with Crippen LogP contribution in [0.25, 0.3) is 0 Å². The highest BCUT2D eigenvalue weighted by atomic mass is 79.9. The Morgan fingerprint density at radius 3 is 2.67 bits per heavy atom. The van der Waals surface area contributed by atoms with Crippen LogP contribution in [0.1, 0.15) is 50.2 Å². The molecule has 0 bridgehead atoms. The molecule has 1 saturated heterocycles. The van der Waals surface area contributed by atoms with Gasteiger partial charge in [0.1, 0.15) is 0 Å². The van der Waals surface area contributed by atoms with E-state index < -0.39 is 0 Å². The fourth-order valence-electron chi connectivity index (χ4n) is 2.57. The van der Waals surface area contributed by atoms with Crippen LogP contribution in [0.3, 0.4) is 0 Å². The third-order valence-corrected chi connectivity index (χ3v) is 4.20. The minimum Gasteiger partial charge on any atom is -0.388 e. The Hall–Kier alpha value is -0.380. The molecule has 2 unspecified atom stereocenters. The SMILES string of the molecule is OC(CC1CCCCCCN1)c1ccc(Br)cc1. The Balaban J connectivity index is 1.88. The van der Waals surface area contributed by atoms with Crippen molar-refractivity contribution in [1.29, 1.82) is 0 Å². The summed E-state index contributed by atoms with van der Waals surface area (Å²) in [4.78, 5) is 0. The number of aliphatic hydroxyl groups excluding tert-OH is 1. The Labute approximate surface area is 118 Å². The van der Waals surface area contributed by atoms with Gasteiger partial charge in [-0.05, 0) is 43.5 Å². The van der Waals surface area contributed by atoms with Gasteiger partial charge in [0.15, 0.2) is 0 Å². The smallest absolute Gasteiger partial charge is 0.0804 e. The molecule has 1 aliphatic rings. The Bertz CT molecular complexity index is 344. The average molecular weight is 312 g/mol. The van der Waals surface area contributed by atoms with Gasteiger partial charge in [-0.15, -0.1) is 0 Å². The van der Waals surface area contributed by atoms with Gasteiger partial charge < -0.3 is 10.4 Å². The molecule has 2 atom stereocenters. The van der Waals surface area contributed by atoms with Crippen LogP contribution in [0, 0.1) is 0 Å². The maximum absolute atomic E-state index is 10.3. The molecule has 2 rings (SSSR count). The molecule has 2 nitrogen and oxygen atoms in total. The molecule has 0 aliphatic carbocycles. The lowest BCUT2D eigenvalue weighted by Crippen LogP contribution is -2.32. The predicted molar refractivity (Wildman–Crippen MR) is 78.6 cm³/mol. The third-order valence-electron chi connectivity index (χ3n) is 3.67. The molecule has 3 heteroatoms. The van der Waals surface area contributed by atoms with E-state index >= 15 is 0 Å². The van der Waals surface area contributed by atoms with Gasteiger partial charge in [-0.25, -0.2) is 0 Å². The van der Waals surface area contributed by atoms with Gasteiger partial charge in [-0.1, -0.05) is 47.3 Å². The first-order valence-electron chi connectivity index (χ1n) is 6.92. The lowest BCUT2D eigenvalue weighted by molar-refractivity contribution is 0.147. The van der Waals surface area contributed by atoms with E-state index in [0.29, 0.717) is 6.04 Å². The first kappa shape index (κ1) is 14.0. The van der Waals surface area contributed by atoms with E-state index in [1.807, 2.05) is 24.3 Å². The van der Waals surface area contributed by atoms with Crippen LogP contribution in [0.5, 0.6) is 0 Å². The molecule has 1 aromatic rings. The van der Waals surface area contributed by atoms with Gasteiger partial charge in [0.2, 0.25) is 0 Å². The molecule has 0 spiro atoms. The van der Waals surface area contributed by atoms with Crippen LogP contribution in [0.15, 0.2) is 28.7 Å². The van der Waals surface area contributed by atoms with Gasteiger partial charge in [0, 0.05) is 10.5 Å². The summed E-state index contributed by atoms with van der Waals surface area (Å²) >= 11 is 3.42. The first-order valence-corrected chi connectivity index (χ1v) is 7.72. The van der Waals surface area contributed by atoms with Crippen molar-refractivity contribution in [3.8, 4) is 0 Å². The third kappa shape index (κ3) is 4.38. The Kier molecular flexibility index (Phi) is 5.67. The van der Waals surface area contributed by atoms with Crippen molar-refractivity contribution >= 4 is 15.9 Å². The number of aliphatic hydroxyl groups is 1. The van der Waals surface area contributed by atoms with Crippen LogP contribution in [0.4, 0.5) is 0 Å². The van der Waals surface area contributed by atoms with Crippen molar-refractivity contribution < 1.29 is 5.11 Å². The number of hydrogen-bond acceptors (Lipinski definition) is 2. The second-order valence-electron chi connectivity index (χ2n) is 5.16. The second-order valence-corrected chi connectivity index (χ2v) is 6.07. The van der Waals surface area contributed by atoms with E-state index in [4.69, 9.17) is 0 Å². The zero-order valence-corrected chi connectivity index (χ0v) is 12.3. The molecule has 0 aromatic heterocycles. The maximum atomic E-state index is 10.3. The zero-order chi connectivity index (χ0) is 12.8. The number of hydrogen-bond donors (Lipinski definition) is 2. The number of rotatable bonds is 3. The minimum atomic E-state index is -0.352. The topological polar surface area (TPSA) is 32.3 Å². The van der Waals surface area contributed by atoms with Crippen LogP contribution < -0.4 is 5.32 Å². The van der Waals surface area contributed by atoms with Crippen molar-refractivity contribution in [3.63, 3.8) is 0 Å². The summed E-state index contributed by atoms with van der Waals surface area (Å²) in [6.07, 6.45) is 6.89. The normalized spacial score (nSPS) is 23.1. The highest BCUT2D eigenvalue weighted by molar-refractivity contribution is 9.10. The molecule has 1 fully saturated rings. The summed E-state index contributed by atoms with van der Waals surface area (Å²) in [5.41, 5.74) is 1.02. The molecule has 100 valence electrons. The summed E-state index contributed by atoms with van der Waals surface area (Å²) in [6.45, 7) is 1.09. The van der Waals surface area contributed by atoms with Crippen LogP contribution >= 0.6 is 15.9 Å². The average Bonchev–Trinajstić information content (AvgIpc) is 2.33. The van der Waals surface area contributed by atoms with E-state index in [9.17, 15) is 5.11 Å². The predicted octanol–water partition coefficient (Wildman–Crippen LogP) is 3.79. The van der Waals surface area contributed by atoms with Crippen molar-refractivity contribution in [2.45, 2.75) is 50.7 Å². The van der Waals surface area contributed by atoms with E-state index in [1.54, 1.807) is 0 Å². The summed E-state index contributed by atoms with van der Waals surface area (Å²) in [7, 11) is 0. The minimum absolute atomic E-state index is 0.352. The lowest BCUT2D eigenvalue weighted by atomic mass is 9.96. The summed E-state index contributed by atoms with van der Waals surface area (Å²) in [5.74, 6) is 0. The maximum Gasteiger partial charge on any atom is 0.0804 e. The second kappa shape index (κ2) is 7.27. The number of benzene rings is 1. The summed E-state index contributed by atoms with van der Waals surface area (Å²) < 4.78 is 1.06. The fraction of sp³-hybridized carbons (Fsp3) is 0.600. The van der Waals surface area contributed by atoms with Crippen molar-refractivity contribution in [1.82, 2.24) is 5.32 Å². The summed E-state index contributed by atoms with van der Waals surface area (Å²) in [6, 6.07) is 8.44. The van der Waals surface area contributed by atoms with Crippen molar-refractivity contribution in [2.75, 3.05) is 6.54 Å². The molecule has 1 aromatic carbocycles. The van der Waals surface area contributed by atoms with Crippen LogP contribution in [-0.4, -0.2) is 17.7 Å². The first-order chi connectivity index (χ1) is 8.75. The lowest BCUT2D eigenvalue weighted by Gasteiger charge is -2.24. The van der Waals surface area contributed by atoms with Crippen LogP contribution in [0.2, 0.25) is 0 Å². The van der Waals surface area contributed by atoms with E-state index in [2.05, 4.69) is 21.2 Å². The van der Waals surface area contributed by atoms with Gasteiger partial charge in [-0.2, -0.15) is 0 Å². The molecule has 1 heterocycles. The molecule has 18 heavy (non-hydrogen) atoms. The number of halogens is 1. The number of nitrogens with one attached hydrogen (secondary N) is 1. The van der Waals surface area contributed by atoms with Gasteiger partial charge in [0.05, 0.1) is 6.10 Å². The molecule has 0 radical (unpaired) electrons. The van der Waals surface area contributed by atoms with Gasteiger partial charge >= 0.3 is 0 Å². The highest BCUT2D eigenvalue weighted by Gasteiger charge is 2.16.